The summed E-state index contributed by atoms with van der Waals surface area (Å²) in [6, 6.07) is 3.66. The quantitative estimate of drug-likeness (QED) is 0.229. The average Bonchev–Trinajstić information content (AvgIpc) is 3.11. The van der Waals surface area contributed by atoms with Gasteiger partial charge in [0.1, 0.15) is 6.04 Å². The number of hydrogen-bond acceptors (Lipinski definition) is 6. The van der Waals surface area contributed by atoms with Crippen LogP contribution in [0.15, 0.2) is 30.5 Å². The van der Waals surface area contributed by atoms with E-state index in [0.29, 0.717) is 0 Å². The number of para-hydroxylation sites is 1. The van der Waals surface area contributed by atoms with E-state index >= 15 is 0 Å². The maximum Gasteiger partial charge on any atom is 0.328 e. The number of rotatable bonds is 11. The molecule has 1 aromatic heterocycles. The van der Waals surface area contributed by atoms with Crippen LogP contribution in [-0.4, -0.2) is 63.1 Å². The van der Waals surface area contributed by atoms with Crippen molar-refractivity contribution in [2.45, 2.75) is 50.4 Å². The van der Waals surface area contributed by atoms with Crippen molar-refractivity contribution < 1.29 is 29.4 Å². The fourth-order valence-corrected chi connectivity index (χ4v) is 3.11. The molecule has 1 aromatic carbocycles. The minimum Gasteiger partial charge on any atom is -0.480 e. The van der Waals surface area contributed by atoms with Gasteiger partial charge in [-0.2, -0.15) is 0 Å². The number of fused-ring (bicyclic) bond motifs is 1. The van der Waals surface area contributed by atoms with E-state index in [2.05, 4.69) is 15.6 Å². The third-order valence-corrected chi connectivity index (χ3v) is 4.81. The minimum atomic E-state index is -1.58. The zero-order chi connectivity index (χ0) is 23.1. The van der Waals surface area contributed by atoms with Crippen LogP contribution in [0, 0.1) is 0 Å². The summed E-state index contributed by atoms with van der Waals surface area (Å²) in [5.74, 6) is -3.67. The maximum absolute atomic E-state index is 12.6. The molecule has 0 radical (unpaired) electrons. The highest BCUT2D eigenvalue weighted by molar-refractivity contribution is 5.93. The van der Waals surface area contributed by atoms with Crippen LogP contribution in [-0.2, 0) is 25.6 Å². The molecule has 0 spiro atoms. The number of aliphatic carboxylic acids is 1. The van der Waals surface area contributed by atoms with E-state index < -0.39 is 47.9 Å². The fourth-order valence-electron chi connectivity index (χ4n) is 3.11. The number of carbonyl (C=O) groups excluding carboxylic acids is 3. The molecule has 1 heterocycles. The number of carboxylic acid groups (broad SMARTS) is 1. The minimum absolute atomic E-state index is 0.154. The molecule has 0 bridgehead atoms. The van der Waals surface area contributed by atoms with Gasteiger partial charge in [-0.25, -0.2) is 4.79 Å². The van der Waals surface area contributed by atoms with Crippen LogP contribution in [0.4, 0.5) is 0 Å². The highest BCUT2D eigenvalue weighted by atomic mass is 16.4. The van der Waals surface area contributed by atoms with Crippen molar-refractivity contribution in [1.82, 2.24) is 15.6 Å². The Morgan fingerprint density at radius 2 is 1.81 bits per heavy atom. The normalized spacial score (nSPS) is 14.9. The topological polar surface area (TPSA) is 201 Å². The maximum atomic E-state index is 12.6. The van der Waals surface area contributed by atoms with E-state index in [1.54, 1.807) is 6.20 Å². The van der Waals surface area contributed by atoms with Crippen molar-refractivity contribution in [2.24, 2.45) is 11.5 Å². The highest BCUT2D eigenvalue weighted by Crippen LogP contribution is 2.18. The second-order valence-corrected chi connectivity index (χ2v) is 7.30. The Balaban J connectivity index is 2.09. The molecule has 0 aliphatic heterocycles. The number of carbonyl (C=O) groups is 4. The van der Waals surface area contributed by atoms with Crippen LogP contribution in [0.3, 0.4) is 0 Å². The lowest BCUT2D eigenvalue weighted by atomic mass is 10.0. The third kappa shape index (κ3) is 6.52. The summed E-state index contributed by atoms with van der Waals surface area (Å²) in [5.41, 5.74) is 12.9. The van der Waals surface area contributed by atoms with E-state index in [0.717, 1.165) is 16.5 Å². The fraction of sp³-hybridized carbons (Fsp3) is 0.400. The number of primary amides is 1. The van der Waals surface area contributed by atoms with Gasteiger partial charge in [0, 0.05) is 23.5 Å². The molecule has 0 saturated carbocycles. The summed E-state index contributed by atoms with van der Waals surface area (Å²) in [6.07, 6.45) is 0.181. The lowest BCUT2D eigenvalue weighted by Gasteiger charge is -2.23. The number of amides is 3. The van der Waals surface area contributed by atoms with Crippen LogP contribution in [0.25, 0.3) is 10.9 Å². The lowest BCUT2D eigenvalue weighted by Crippen LogP contribution is -2.56. The molecular weight excluding hydrogens is 406 g/mol. The van der Waals surface area contributed by atoms with Crippen molar-refractivity contribution in [3.63, 3.8) is 0 Å². The number of aromatic nitrogens is 1. The molecule has 11 nitrogen and oxygen atoms in total. The number of benzene rings is 1. The van der Waals surface area contributed by atoms with Crippen molar-refractivity contribution in [3.05, 3.63) is 36.0 Å². The summed E-state index contributed by atoms with van der Waals surface area (Å²) in [6.45, 7) is 1.20. The van der Waals surface area contributed by atoms with E-state index in [4.69, 9.17) is 16.6 Å². The molecule has 0 fully saturated rings. The van der Waals surface area contributed by atoms with Crippen LogP contribution in [0.5, 0.6) is 0 Å². The van der Waals surface area contributed by atoms with Crippen molar-refractivity contribution in [2.75, 3.05) is 0 Å². The Labute approximate surface area is 178 Å². The SMILES string of the molecule is C[C@@H](O)[C@H](NC(=O)[C@H](CCC(N)=O)NC(=O)[C@@H](N)Cc1c[nH]c2ccccc12)C(=O)O. The highest BCUT2D eigenvalue weighted by Gasteiger charge is 2.30. The molecule has 31 heavy (non-hydrogen) atoms. The first-order valence-corrected chi connectivity index (χ1v) is 9.70. The summed E-state index contributed by atoms with van der Waals surface area (Å²) in [5, 5.41) is 24.2. The molecule has 0 saturated heterocycles. The Morgan fingerprint density at radius 3 is 2.42 bits per heavy atom. The molecule has 11 heteroatoms. The van der Waals surface area contributed by atoms with Crippen LogP contribution >= 0.6 is 0 Å². The third-order valence-electron chi connectivity index (χ3n) is 4.81. The predicted octanol–water partition coefficient (Wildman–Crippen LogP) is -1.26. The Hall–Kier alpha value is -3.44. The van der Waals surface area contributed by atoms with E-state index in [1.165, 1.54) is 6.92 Å². The van der Waals surface area contributed by atoms with Gasteiger partial charge in [-0.15, -0.1) is 0 Å². The summed E-state index contributed by atoms with van der Waals surface area (Å²) in [7, 11) is 0. The van der Waals surface area contributed by atoms with Crippen LogP contribution in [0.1, 0.15) is 25.3 Å². The number of aliphatic hydroxyl groups excluding tert-OH is 1. The van der Waals surface area contributed by atoms with E-state index in [-0.39, 0.29) is 19.3 Å². The average molecular weight is 433 g/mol. The van der Waals surface area contributed by atoms with E-state index in [9.17, 15) is 24.3 Å². The zero-order valence-corrected chi connectivity index (χ0v) is 17.0. The number of hydrogen-bond donors (Lipinski definition) is 7. The van der Waals surface area contributed by atoms with Gasteiger partial charge in [-0.05, 0) is 31.4 Å². The molecule has 2 aromatic rings. The Kier molecular flexibility index (Phi) is 8.11. The van der Waals surface area contributed by atoms with E-state index in [1.807, 2.05) is 24.3 Å². The number of nitrogens with one attached hydrogen (secondary N) is 3. The lowest BCUT2D eigenvalue weighted by molar-refractivity contribution is -0.145. The standard InChI is InChI=1S/C20H27N5O6/c1-10(26)17(20(30)31)25-19(29)15(6-7-16(22)27)24-18(28)13(21)8-11-9-23-14-5-3-2-4-12(11)14/h2-5,9-10,13,15,17,23,26H,6-8,21H2,1H3,(H2,22,27)(H,24,28)(H,25,29)(H,30,31)/t10-,13+,15+,17+/m1/s1. The van der Waals surface area contributed by atoms with Gasteiger partial charge < -0.3 is 37.3 Å². The number of aromatic amines is 1. The van der Waals surface area contributed by atoms with Crippen molar-refractivity contribution in [1.29, 1.82) is 0 Å². The summed E-state index contributed by atoms with van der Waals surface area (Å²) < 4.78 is 0. The first-order valence-electron chi connectivity index (χ1n) is 9.70. The summed E-state index contributed by atoms with van der Waals surface area (Å²) >= 11 is 0. The molecular formula is C20H27N5O6. The molecule has 0 unspecified atom stereocenters. The first-order chi connectivity index (χ1) is 14.6. The van der Waals surface area contributed by atoms with Gasteiger partial charge in [-0.1, -0.05) is 18.2 Å². The number of aliphatic hydroxyl groups is 1. The molecule has 2 rings (SSSR count). The van der Waals surface area contributed by atoms with Gasteiger partial charge in [0.2, 0.25) is 17.7 Å². The van der Waals surface area contributed by atoms with Gasteiger partial charge >= 0.3 is 5.97 Å². The van der Waals surface area contributed by atoms with Crippen molar-refractivity contribution in [3.8, 4) is 0 Å². The van der Waals surface area contributed by atoms with Gasteiger partial charge in [0.25, 0.3) is 0 Å². The molecule has 9 N–H and O–H groups in total. The van der Waals surface area contributed by atoms with Gasteiger partial charge in [-0.3, -0.25) is 14.4 Å². The van der Waals surface area contributed by atoms with Gasteiger partial charge in [0.15, 0.2) is 6.04 Å². The smallest absolute Gasteiger partial charge is 0.328 e. The Bertz CT molecular complexity index is 956. The molecule has 3 amide bonds. The van der Waals surface area contributed by atoms with Crippen LogP contribution < -0.4 is 22.1 Å². The number of nitrogens with two attached hydrogens (primary N) is 2. The predicted molar refractivity (Wildman–Crippen MR) is 112 cm³/mol. The Morgan fingerprint density at radius 1 is 1.13 bits per heavy atom. The zero-order valence-electron chi connectivity index (χ0n) is 17.0. The largest absolute Gasteiger partial charge is 0.480 e. The first kappa shape index (κ1) is 23.8. The monoisotopic (exact) mass is 433 g/mol. The van der Waals surface area contributed by atoms with Crippen molar-refractivity contribution >= 4 is 34.6 Å². The van der Waals surface area contributed by atoms with Crippen LogP contribution in [0.2, 0.25) is 0 Å². The number of carboxylic acids is 1. The molecule has 0 aliphatic rings. The molecule has 4 atom stereocenters. The molecule has 168 valence electrons. The number of H-pyrrole nitrogens is 1. The second kappa shape index (κ2) is 10.5. The van der Waals surface area contributed by atoms with Gasteiger partial charge in [0.05, 0.1) is 12.1 Å². The second-order valence-electron chi connectivity index (χ2n) is 7.30. The molecule has 0 aliphatic carbocycles. The summed E-state index contributed by atoms with van der Waals surface area (Å²) in [4.78, 5) is 50.6.